The molecule has 0 saturated heterocycles. The van der Waals surface area contributed by atoms with Gasteiger partial charge in [-0.15, -0.1) is 0 Å². The highest BCUT2D eigenvalue weighted by molar-refractivity contribution is 6.31. The minimum Gasteiger partial charge on any atom is -0.423 e. The van der Waals surface area contributed by atoms with Gasteiger partial charge in [-0.25, -0.2) is 4.79 Å². The van der Waals surface area contributed by atoms with Crippen LogP contribution in [-0.2, 0) is 6.42 Å². The molecule has 4 nitrogen and oxygen atoms in total. The van der Waals surface area contributed by atoms with Crippen molar-refractivity contribution in [3.05, 3.63) is 75.0 Å². The van der Waals surface area contributed by atoms with Crippen LogP contribution in [0.5, 0.6) is 5.75 Å². The Labute approximate surface area is 137 Å². The molecular weight excluding hydrogens is 314 g/mol. The zero-order chi connectivity index (χ0) is 16.4. The van der Waals surface area contributed by atoms with E-state index in [9.17, 15) is 9.59 Å². The SMILES string of the molecule is CCc1cc(OC(=O)c2cc(=O)[nH]c3ccccc23)ccc1Cl. The van der Waals surface area contributed by atoms with Crippen molar-refractivity contribution < 1.29 is 9.53 Å². The lowest BCUT2D eigenvalue weighted by Gasteiger charge is -2.09. The summed E-state index contributed by atoms with van der Waals surface area (Å²) in [6.45, 7) is 1.97. The number of H-pyrrole nitrogens is 1. The molecule has 0 radical (unpaired) electrons. The first kappa shape index (κ1) is 15.3. The van der Waals surface area contributed by atoms with E-state index in [1.165, 1.54) is 6.07 Å². The molecule has 2 aromatic carbocycles. The standard InChI is InChI=1S/C18H14ClNO3/c1-2-11-9-12(7-8-15(11)19)23-18(22)14-10-17(21)20-16-6-4-3-5-13(14)16/h3-10H,2H2,1H3,(H,20,21). The predicted molar refractivity (Wildman–Crippen MR) is 90.4 cm³/mol. The maximum absolute atomic E-state index is 12.5. The molecule has 0 atom stereocenters. The van der Waals surface area contributed by atoms with Gasteiger partial charge in [0.05, 0.1) is 5.56 Å². The topological polar surface area (TPSA) is 59.2 Å². The molecule has 0 aliphatic heterocycles. The van der Waals surface area contributed by atoms with Gasteiger partial charge >= 0.3 is 5.97 Å². The van der Waals surface area contributed by atoms with Gasteiger partial charge in [0.2, 0.25) is 5.56 Å². The summed E-state index contributed by atoms with van der Waals surface area (Å²) in [4.78, 5) is 26.9. The van der Waals surface area contributed by atoms with E-state index in [0.717, 1.165) is 12.0 Å². The van der Waals surface area contributed by atoms with Crippen LogP contribution < -0.4 is 10.3 Å². The number of benzene rings is 2. The molecule has 1 N–H and O–H groups in total. The van der Waals surface area contributed by atoms with E-state index < -0.39 is 5.97 Å². The monoisotopic (exact) mass is 327 g/mol. The maximum Gasteiger partial charge on any atom is 0.344 e. The molecule has 0 fully saturated rings. The highest BCUT2D eigenvalue weighted by Crippen LogP contribution is 2.24. The molecule has 3 rings (SSSR count). The number of aromatic amines is 1. The van der Waals surface area contributed by atoms with Gasteiger partial charge in [0.15, 0.2) is 0 Å². The number of para-hydroxylation sites is 1. The summed E-state index contributed by atoms with van der Waals surface area (Å²) < 4.78 is 5.41. The van der Waals surface area contributed by atoms with Gasteiger partial charge in [-0.1, -0.05) is 36.7 Å². The quantitative estimate of drug-likeness (QED) is 0.585. The van der Waals surface area contributed by atoms with Crippen LogP contribution in [-0.4, -0.2) is 11.0 Å². The zero-order valence-corrected chi connectivity index (χ0v) is 13.2. The molecule has 23 heavy (non-hydrogen) atoms. The summed E-state index contributed by atoms with van der Waals surface area (Å²) in [7, 11) is 0. The van der Waals surface area contributed by atoms with Crippen LogP contribution in [0.2, 0.25) is 5.02 Å². The first-order chi connectivity index (χ1) is 11.1. The Hall–Kier alpha value is -2.59. The fraction of sp³-hybridized carbons (Fsp3) is 0.111. The number of pyridine rings is 1. The summed E-state index contributed by atoms with van der Waals surface area (Å²) in [5, 5.41) is 1.27. The second-order valence-electron chi connectivity index (χ2n) is 5.09. The van der Waals surface area contributed by atoms with Gasteiger partial charge in [-0.3, -0.25) is 4.79 Å². The third kappa shape index (κ3) is 3.12. The molecular formula is C18H14ClNO3. The summed E-state index contributed by atoms with van der Waals surface area (Å²) in [5.74, 6) is -0.169. The number of esters is 1. The molecule has 0 unspecified atom stereocenters. The second kappa shape index (κ2) is 6.26. The number of hydrogen-bond donors (Lipinski definition) is 1. The Morgan fingerprint density at radius 2 is 1.96 bits per heavy atom. The Balaban J connectivity index is 2.00. The molecule has 1 heterocycles. The Kier molecular flexibility index (Phi) is 4.17. The molecule has 3 aromatic rings. The van der Waals surface area contributed by atoms with E-state index in [1.54, 1.807) is 42.5 Å². The van der Waals surface area contributed by atoms with Crippen LogP contribution >= 0.6 is 11.6 Å². The number of rotatable bonds is 3. The van der Waals surface area contributed by atoms with Crippen molar-refractivity contribution in [2.45, 2.75) is 13.3 Å². The molecule has 0 spiro atoms. The van der Waals surface area contributed by atoms with Crippen molar-refractivity contribution in [3.63, 3.8) is 0 Å². The average molecular weight is 328 g/mol. The highest BCUT2D eigenvalue weighted by Gasteiger charge is 2.14. The van der Waals surface area contributed by atoms with Gasteiger partial charge in [-0.05, 0) is 36.2 Å². The number of carbonyl (C=O) groups is 1. The number of aryl methyl sites for hydroxylation is 1. The van der Waals surface area contributed by atoms with Gasteiger partial charge in [0.1, 0.15) is 5.75 Å². The lowest BCUT2D eigenvalue weighted by molar-refractivity contribution is 0.0736. The van der Waals surface area contributed by atoms with Crippen molar-refractivity contribution >= 4 is 28.5 Å². The Morgan fingerprint density at radius 3 is 2.74 bits per heavy atom. The summed E-state index contributed by atoms with van der Waals surface area (Å²) in [6, 6.07) is 13.4. The highest BCUT2D eigenvalue weighted by atomic mass is 35.5. The van der Waals surface area contributed by atoms with E-state index in [2.05, 4.69) is 4.98 Å². The molecule has 0 saturated carbocycles. The zero-order valence-electron chi connectivity index (χ0n) is 12.4. The van der Waals surface area contributed by atoms with E-state index in [0.29, 0.717) is 21.7 Å². The van der Waals surface area contributed by atoms with Crippen LogP contribution in [0.25, 0.3) is 10.9 Å². The fourth-order valence-corrected chi connectivity index (χ4v) is 2.67. The minimum absolute atomic E-state index is 0.234. The number of nitrogens with one attached hydrogen (secondary N) is 1. The third-order valence-corrected chi connectivity index (χ3v) is 3.95. The molecule has 116 valence electrons. The number of aromatic nitrogens is 1. The van der Waals surface area contributed by atoms with Gasteiger partial charge in [-0.2, -0.15) is 0 Å². The van der Waals surface area contributed by atoms with E-state index in [-0.39, 0.29) is 11.1 Å². The van der Waals surface area contributed by atoms with Crippen molar-refractivity contribution in [2.75, 3.05) is 0 Å². The van der Waals surface area contributed by atoms with Crippen molar-refractivity contribution in [1.82, 2.24) is 4.98 Å². The van der Waals surface area contributed by atoms with E-state index in [4.69, 9.17) is 16.3 Å². The van der Waals surface area contributed by atoms with Crippen molar-refractivity contribution in [2.24, 2.45) is 0 Å². The second-order valence-corrected chi connectivity index (χ2v) is 5.50. The lowest BCUT2D eigenvalue weighted by Crippen LogP contribution is -2.15. The van der Waals surface area contributed by atoms with Gasteiger partial charge in [0.25, 0.3) is 0 Å². The minimum atomic E-state index is -0.573. The number of hydrogen-bond acceptors (Lipinski definition) is 3. The van der Waals surface area contributed by atoms with Crippen molar-refractivity contribution in [1.29, 1.82) is 0 Å². The summed E-state index contributed by atoms with van der Waals surface area (Å²) in [6.07, 6.45) is 0.734. The molecule has 0 bridgehead atoms. The van der Waals surface area contributed by atoms with Crippen molar-refractivity contribution in [3.8, 4) is 5.75 Å². The van der Waals surface area contributed by atoms with E-state index >= 15 is 0 Å². The van der Waals surface area contributed by atoms with Gasteiger partial charge in [0, 0.05) is 22.0 Å². The molecule has 0 aliphatic carbocycles. The fourth-order valence-electron chi connectivity index (χ4n) is 2.42. The van der Waals surface area contributed by atoms with Crippen LogP contribution in [0.4, 0.5) is 0 Å². The first-order valence-electron chi connectivity index (χ1n) is 7.21. The predicted octanol–water partition coefficient (Wildman–Crippen LogP) is 3.96. The third-order valence-electron chi connectivity index (χ3n) is 3.58. The molecule has 5 heteroatoms. The number of fused-ring (bicyclic) bond motifs is 1. The van der Waals surface area contributed by atoms with Crippen LogP contribution in [0.15, 0.2) is 53.3 Å². The maximum atomic E-state index is 12.5. The van der Waals surface area contributed by atoms with Crippen LogP contribution in [0.3, 0.4) is 0 Å². The van der Waals surface area contributed by atoms with E-state index in [1.807, 2.05) is 6.92 Å². The Bertz CT molecular complexity index is 946. The van der Waals surface area contributed by atoms with Crippen LogP contribution in [0.1, 0.15) is 22.8 Å². The first-order valence-corrected chi connectivity index (χ1v) is 7.59. The van der Waals surface area contributed by atoms with Gasteiger partial charge < -0.3 is 9.72 Å². The Morgan fingerprint density at radius 1 is 1.17 bits per heavy atom. The molecule has 1 aromatic heterocycles. The summed E-state index contributed by atoms with van der Waals surface area (Å²) >= 11 is 6.06. The number of carbonyl (C=O) groups excluding carboxylic acids is 1. The smallest absolute Gasteiger partial charge is 0.344 e. The summed E-state index contributed by atoms with van der Waals surface area (Å²) in [5.41, 5.74) is 1.38. The average Bonchev–Trinajstić information content (AvgIpc) is 2.55. The van der Waals surface area contributed by atoms with Crippen LogP contribution in [0, 0.1) is 0 Å². The molecule has 0 aliphatic rings. The normalized spacial score (nSPS) is 10.7. The lowest BCUT2D eigenvalue weighted by atomic mass is 10.1. The molecule has 0 amide bonds. The largest absolute Gasteiger partial charge is 0.423 e. The number of halogens is 1. The number of ether oxygens (including phenoxy) is 1.